The minimum Gasteiger partial charge on any atom is -0.321 e. The highest BCUT2D eigenvalue weighted by Gasteiger charge is 2.24. The third kappa shape index (κ3) is 2.82. The van der Waals surface area contributed by atoms with Crippen LogP contribution in [0.4, 0.5) is 0 Å². The van der Waals surface area contributed by atoms with Gasteiger partial charge >= 0.3 is 0 Å². The zero-order chi connectivity index (χ0) is 13.2. The second-order valence-corrected chi connectivity index (χ2v) is 5.63. The van der Waals surface area contributed by atoms with Crippen molar-refractivity contribution in [3.8, 4) is 0 Å². The molecule has 0 aliphatic heterocycles. The molecule has 2 aromatic rings. The van der Waals surface area contributed by atoms with Crippen molar-refractivity contribution in [2.45, 2.75) is 32.4 Å². The lowest BCUT2D eigenvalue weighted by atomic mass is 9.87. The van der Waals surface area contributed by atoms with Gasteiger partial charge in [0, 0.05) is 22.8 Å². The molecule has 1 aromatic heterocycles. The molecule has 0 saturated heterocycles. The molecule has 1 atom stereocenters. The van der Waals surface area contributed by atoms with Crippen LogP contribution in [-0.4, -0.2) is 9.78 Å². The molecule has 96 valence electrons. The van der Waals surface area contributed by atoms with Crippen molar-refractivity contribution in [3.63, 3.8) is 0 Å². The van der Waals surface area contributed by atoms with Gasteiger partial charge in [-0.05, 0) is 37.5 Å². The van der Waals surface area contributed by atoms with Crippen molar-refractivity contribution in [2.75, 3.05) is 0 Å². The lowest BCUT2D eigenvalue weighted by Gasteiger charge is -2.26. The number of aromatic nitrogens is 2. The fourth-order valence-corrected chi connectivity index (χ4v) is 2.85. The predicted molar refractivity (Wildman–Crippen MR) is 77.3 cm³/mol. The van der Waals surface area contributed by atoms with Crippen LogP contribution in [-0.2, 0) is 18.5 Å². The second kappa shape index (κ2) is 5.24. The maximum atomic E-state index is 6.45. The van der Waals surface area contributed by atoms with E-state index >= 15 is 0 Å². The summed E-state index contributed by atoms with van der Waals surface area (Å²) >= 11 is 3.56. The second-order valence-electron chi connectivity index (χ2n) is 4.78. The van der Waals surface area contributed by atoms with Gasteiger partial charge < -0.3 is 5.73 Å². The van der Waals surface area contributed by atoms with E-state index in [1.807, 2.05) is 29.1 Å². The van der Waals surface area contributed by atoms with E-state index in [-0.39, 0.29) is 0 Å². The Kier molecular flexibility index (Phi) is 3.88. The Bertz CT molecular complexity index is 531. The summed E-state index contributed by atoms with van der Waals surface area (Å²) in [5, 5.41) is 4.28. The van der Waals surface area contributed by atoms with Crippen molar-refractivity contribution < 1.29 is 0 Å². The van der Waals surface area contributed by atoms with Crippen LogP contribution in [0, 0.1) is 0 Å². The lowest BCUT2D eigenvalue weighted by molar-refractivity contribution is 0.488. The van der Waals surface area contributed by atoms with Crippen LogP contribution in [0.15, 0.2) is 41.1 Å². The highest BCUT2D eigenvalue weighted by molar-refractivity contribution is 9.10. The molecule has 0 bridgehead atoms. The topological polar surface area (TPSA) is 43.8 Å². The molecule has 0 amide bonds. The van der Waals surface area contributed by atoms with Crippen molar-refractivity contribution in [1.82, 2.24) is 9.78 Å². The molecule has 3 nitrogen and oxygen atoms in total. The number of aryl methyl sites for hydroxylation is 1. The first-order valence-electron chi connectivity index (χ1n) is 6.08. The monoisotopic (exact) mass is 307 g/mol. The molecule has 0 spiro atoms. The van der Waals surface area contributed by atoms with Gasteiger partial charge in [0.05, 0.1) is 6.20 Å². The molecular weight excluding hydrogens is 290 g/mol. The van der Waals surface area contributed by atoms with Gasteiger partial charge in [-0.3, -0.25) is 4.68 Å². The van der Waals surface area contributed by atoms with Gasteiger partial charge in [-0.25, -0.2) is 0 Å². The minimum atomic E-state index is -0.401. The minimum absolute atomic E-state index is 0.401. The van der Waals surface area contributed by atoms with E-state index in [4.69, 9.17) is 5.73 Å². The van der Waals surface area contributed by atoms with Gasteiger partial charge in [0.1, 0.15) is 0 Å². The molecule has 1 unspecified atom stereocenters. The van der Waals surface area contributed by atoms with Gasteiger partial charge in [0.15, 0.2) is 0 Å². The molecule has 0 saturated carbocycles. The van der Waals surface area contributed by atoms with Crippen LogP contribution in [0.5, 0.6) is 0 Å². The zero-order valence-electron chi connectivity index (χ0n) is 10.7. The third-order valence-corrected chi connectivity index (χ3v) is 3.76. The number of benzene rings is 1. The molecule has 18 heavy (non-hydrogen) atoms. The Morgan fingerprint density at radius 1 is 1.39 bits per heavy atom. The number of rotatable bonds is 4. The van der Waals surface area contributed by atoms with Gasteiger partial charge in [-0.1, -0.05) is 34.1 Å². The predicted octanol–water partition coefficient (Wildman–Crippen LogP) is 3.08. The maximum Gasteiger partial charge on any atom is 0.0522 e. The lowest BCUT2D eigenvalue weighted by Crippen LogP contribution is -2.35. The summed E-state index contributed by atoms with van der Waals surface area (Å²) in [4.78, 5) is 0. The summed E-state index contributed by atoms with van der Waals surface area (Å²) in [6, 6.07) is 8.10. The van der Waals surface area contributed by atoms with Crippen molar-refractivity contribution in [1.29, 1.82) is 0 Å². The van der Waals surface area contributed by atoms with E-state index in [2.05, 4.69) is 47.1 Å². The first kappa shape index (κ1) is 13.3. The highest BCUT2D eigenvalue weighted by Crippen LogP contribution is 2.28. The first-order chi connectivity index (χ1) is 8.53. The molecule has 2 N–H and O–H groups in total. The van der Waals surface area contributed by atoms with Gasteiger partial charge in [0.2, 0.25) is 0 Å². The summed E-state index contributed by atoms with van der Waals surface area (Å²) in [5.74, 6) is 0. The average molecular weight is 308 g/mol. The molecule has 1 heterocycles. The molecule has 0 fully saturated rings. The Labute approximate surface area is 116 Å². The van der Waals surface area contributed by atoms with Crippen LogP contribution < -0.4 is 5.73 Å². The quantitative estimate of drug-likeness (QED) is 0.943. The van der Waals surface area contributed by atoms with Crippen LogP contribution >= 0.6 is 15.9 Å². The molecule has 1 aromatic carbocycles. The fourth-order valence-electron chi connectivity index (χ4n) is 2.11. The Morgan fingerprint density at radius 3 is 2.72 bits per heavy atom. The van der Waals surface area contributed by atoms with Crippen molar-refractivity contribution >= 4 is 15.9 Å². The van der Waals surface area contributed by atoms with E-state index in [0.717, 1.165) is 28.6 Å². The summed E-state index contributed by atoms with van der Waals surface area (Å²) in [6.45, 7) is 5.01. The van der Waals surface area contributed by atoms with Crippen LogP contribution in [0.25, 0.3) is 0 Å². The number of halogens is 1. The summed E-state index contributed by atoms with van der Waals surface area (Å²) < 4.78 is 2.98. The maximum absolute atomic E-state index is 6.45. The molecular formula is C14H18BrN3. The standard InChI is InChI=1S/C14H18BrN3/c1-3-18-10-11(9-17-18)8-14(2,16)12-6-4-5-7-13(12)15/h4-7,9-10H,3,8,16H2,1-2H3. The van der Waals surface area contributed by atoms with Crippen molar-refractivity contribution in [2.24, 2.45) is 5.73 Å². The first-order valence-corrected chi connectivity index (χ1v) is 6.87. The van der Waals surface area contributed by atoms with Crippen LogP contribution in [0.3, 0.4) is 0 Å². The zero-order valence-corrected chi connectivity index (χ0v) is 12.3. The van der Waals surface area contributed by atoms with E-state index in [1.165, 1.54) is 0 Å². The van der Waals surface area contributed by atoms with Crippen LogP contribution in [0.1, 0.15) is 25.0 Å². The van der Waals surface area contributed by atoms with Gasteiger partial charge in [-0.15, -0.1) is 0 Å². The Balaban J connectivity index is 2.24. The summed E-state index contributed by atoms with van der Waals surface area (Å²) in [5.41, 5.74) is 8.34. The Morgan fingerprint density at radius 2 is 2.11 bits per heavy atom. The van der Waals surface area contributed by atoms with Crippen molar-refractivity contribution in [3.05, 3.63) is 52.3 Å². The Hall–Kier alpha value is -1.13. The molecule has 0 radical (unpaired) electrons. The number of nitrogens with two attached hydrogens (primary N) is 1. The number of nitrogens with zero attached hydrogens (tertiary/aromatic N) is 2. The van der Waals surface area contributed by atoms with E-state index < -0.39 is 5.54 Å². The number of hydrogen-bond acceptors (Lipinski definition) is 2. The van der Waals surface area contributed by atoms with E-state index in [1.54, 1.807) is 0 Å². The smallest absolute Gasteiger partial charge is 0.0522 e. The molecule has 4 heteroatoms. The van der Waals surface area contributed by atoms with Gasteiger partial charge in [0.25, 0.3) is 0 Å². The third-order valence-electron chi connectivity index (χ3n) is 3.07. The highest BCUT2D eigenvalue weighted by atomic mass is 79.9. The average Bonchev–Trinajstić information content (AvgIpc) is 2.76. The van der Waals surface area contributed by atoms with Crippen LogP contribution in [0.2, 0.25) is 0 Å². The van der Waals surface area contributed by atoms with E-state index in [9.17, 15) is 0 Å². The molecule has 2 rings (SSSR count). The summed E-state index contributed by atoms with van der Waals surface area (Å²) in [6.07, 6.45) is 4.73. The summed E-state index contributed by atoms with van der Waals surface area (Å²) in [7, 11) is 0. The molecule has 0 aliphatic rings. The largest absolute Gasteiger partial charge is 0.321 e. The molecule has 0 aliphatic carbocycles. The fraction of sp³-hybridized carbons (Fsp3) is 0.357. The van der Waals surface area contributed by atoms with E-state index in [0.29, 0.717) is 0 Å². The normalized spacial score (nSPS) is 14.4. The SMILES string of the molecule is CCn1cc(CC(C)(N)c2ccccc2Br)cn1. The number of hydrogen-bond donors (Lipinski definition) is 1. The van der Waals surface area contributed by atoms with Gasteiger partial charge in [-0.2, -0.15) is 5.10 Å².